The van der Waals surface area contributed by atoms with E-state index in [0.717, 1.165) is 0 Å². The lowest BCUT2D eigenvalue weighted by atomic mass is 10.1. The van der Waals surface area contributed by atoms with Gasteiger partial charge in [-0.05, 0) is 6.42 Å². The summed E-state index contributed by atoms with van der Waals surface area (Å²) < 4.78 is 0. The number of carboxylic acids is 1. The van der Waals surface area contributed by atoms with E-state index in [4.69, 9.17) is 5.11 Å². The summed E-state index contributed by atoms with van der Waals surface area (Å²) in [6.45, 7) is 3.49. The molecule has 1 aliphatic heterocycles. The van der Waals surface area contributed by atoms with Crippen molar-refractivity contribution in [1.82, 2.24) is 10.6 Å². The zero-order valence-corrected chi connectivity index (χ0v) is 6.46. The molecule has 12 heavy (non-hydrogen) atoms. The standard InChI is InChI=1S/C7H10N2O3/c1-4-8-5(7(12)9-4)2-3-6(10)11/h5,8H,1-3H2,(H,9,12)(H,10,11)/t5-/m1/s1. The van der Waals surface area contributed by atoms with E-state index in [1.807, 2.05) is 0 Å². The SMILES string of the molecule is C=C1NC(=O)[C@@H](CCC(=O)O)N1. The summed E-state index contributed by atoms with van der Waals surface area (Å²) in [4.78, 5) is 21.1. The summed E-state index contributed by atoms with van der Waals surface area (Å²) in [5.74, 6) is -0.668. The lowest BCUT2D eigenvalue weighted by Crippen LogP contribution is -2.28. The molecule has 0 aromatic carbocycles. The Morgan fingerprint density at radius 3 is 2.75 bits per heavy atom. The van der Waals surface area contributed by atoms with Crippen LogP contribution in [-0.4, -0.2) is 23.0 Å². The summed E-state index contributed by atoms with van der Waals surface area (Å²) in [7, 11) is 0. The lowest BCUT2D eigenvalue weighted by Gasteiger charge is -2.04. The van der Waals surface area contributed by atoms with Crippen molar-refractivity contribution in [3.8, 4) is 0 Å². The van der Waals surface area contributed by atoms with Gasteiger partial charge in [-0.3, -0.25) is 9.59 Å². The van der Waals surface area contributed by atoms with Gasteiger partial charge in [-0.25, -0.2) is 0 Å². The number of rotatable bonds is 3. The number of nitrogens with one attached hydrogen (secondary N) is 2. The van der Waals surface area contributed by atoms with Gasteiger partial charge in [-0.15, -0.1) is 0 Å². The third-order valence-corrected chi connectivity index (χ3v) is 1.59. The van der Waals surface area contributed by atoms with Crippen molar-refractivity contribution in [3.63, 3.8) is 0 Å². The third kappa shape index (κ3) is 1.98. The smallest absolute Gasteiger partial charge is 0.303 e. The van der Waals surface area contributed by atoms with E-state index in [2.05, 4.69) is 17.2 Å². The average molecular weight is 170 g/mol. The third-order valence-electron chi connectivity index (χ3n) is 1.59. The van der Waals surface area contributed by atoms with Crippen molar-refractivity contribution in [1.29, 1.82) is 0 Å². The maximum Gasteiger partial charge on any atom is 0.303 e. The Balaban J connectivity index is 2.38. The van der Waals surface area contributed by atoms with E-state index in [9.17, 15) is 9.59 Å². The molecule has 1 saturated heterocycles. The van der Waals surface area contributed by atoms with Crippen LogP contribution >= 0.6 is 0 Å². The maximum absolute atomic E-state index is 11.0. The largest absolute Gasteiger partial charge is 0.481 e. The molecule has 0 aromatic heterocycles. The molecule has 3 N–H and O–H groups in total. The highest BCUT2D eigenvalue weighted by Crippen LogP contribution is 2.04. The van der Waals surface area contributed by atoms with Gasteiger partial charge in [0.05, 0.1) is 5.82 Å². The van der Waals surface area contributed by atoms with Gasteiger partial charge < -0.3 is 15.7 Å². The number of hydrogen-bond donors (Lipinski definition) is 3. The van der Waals surface area contributed by atoms with Gasteiger partial charge >= 0.3 is 5.97 Å². The minimum absolute atomic E-state index is 0.0155. The molecule has 5 nitrogen and oxygen atoms in total. The number of carbonyl (C=O) groups excluding carboxylic acids is 1. The van der Waals surface area contributed by atoms with Crippen molar-refractivity contribution in [2.24, 2.45) is 0 Å². The quantitative estimate of drug-likeness (QED) is 0.529. The Morgan fingerprint density at radius 1 is 1.67 bits per heavy atom. The van der Waals surface area contributed by atoms with Gasteiger partial charge in [0.1, 0.15) is 6.04 Å². The molecule has 1 fully saturated rings. The van der Waals surface area contributed by atoms with Crippen LogP contribution in [-0.2, 0) is 9.59 Å². The minimum atomic E-state index is -0.901. The number of hydrogen-bond acceptors (Lipinski definition) is 3. The first-order valence-electron chi connectivity index (χ1n) is 3.57. The number of aliphatic carboxylic acids is 1. The molecule has 0 radical (unpaired) electrons. The van der Waals surface area contributed by atoms with Crippen molar-refractivity contribution in [2.45, 2.75) is 18.9 Å². The number of carbonyl (C=O) groups is 2. The molecule has 0 bridgehead atoms. The van der Waals surface area contributed by atoms with Crippen molar-refractivity contribution in [3.05, 3.63) is 12.4 Å². The topological polar surface area (TPSA) is 78.4 Å². The van der Waals surface area contributed by atoms with E-state index in [-0.39, 0.29) is 12.3 Å². The fourth-order valence-corrected chi connectivity index (χ4v) is 1.02. The Labute approximate surface area is 69.5 Å². The Bertz CT molecular complexity index is 237. The fourth-order valence-electron chi connectivity index (χ4n) is 1.02. The highest BCUT2D eigenvalue weighted by Gasteiger charge is 2.25. The molecular weight excluding hydrogens is 160 g/mol. The van der Waals surface area contributed by atoms with Crippen LogP contribution < -0.4 is 10.6 Å². The van der Waals surface area contributed by atoms with Gasteiger partial charge in [0, 0.05) is 6.42 Å². The van der Waals surface area contributed by atoms with Gasteiger partial charge in [0.25, 0.3) is 0 Å². The zero-order chi connectivity index (χ0) is 9.14. The molecule has 0 saturated carbocycles. The highest BCUT2D eigenvalue weighted by molar-refractivity contribution is 5.86. The van der Waals surface area contributed by atoms with E-state index < -0.39 is 12.0 Å². The molecular formula is C7H10N2O3. The summed E-state index contributed by atoms with van der Waals surface area (Å²) in [6.07, 6.45) is 0.276. The molecule has 5 heteroatoms. The first-order valence-corrected chi connectivity index (χ1v) is 3.57. The molecule has 1 heterocycles. The van der Waals surface area contributed by atoms with E-state index in [1.165, 1.54) is 0 Å². The summed E-state index contributed by atoms with van der Waals surface area (Å²) in [5, 5.41) is 13.5. The molecule has 1 amide bonds. The summed E-state index contributed by atoms with van der Waals surface area (Å²) in [6, 6.07) is -0.436. The van der Waals surface area contributed by atoms with Crippen LogP contribution in [0, 0.1) is 0 Å². The Hall–Kier alpha value is -1.52. The molecule has 0 unspecified atom stereocenters. The zero-order valence-electron chi connectivity index (χ0n) is 6.46. The predicted molar refractivity (Wildman–Crippen MR) is 41.1 cm³/mol. The van der Waals surface area contributed by atoms with Crippen LogP contribution in [0.4, 0.5) is 0 Å². The second kappa shape index (κ2) is 3.25. The Morgan fingerprint density at radius 2 is 2.33 bits per heavy atom. The van der Waals surface area contributed by atoms with Crippen LogP contribution in [0.2, 0.25) is 0 Å². The van der Waals surface area contributed by atoms with E-state index >= 15 is 0 Å². The van der Waals surface area contributed by atoms with Gasteiger partial charge in [-0.1, -0.05) is 6.58 Å². The second-order valence-corrected chi connectivity index (χ2v) is 2.60. The van der Waals surface area contributed by atoms with Crippen LogP contribution in [0.25, 0.3) is 0 Å². The normalized spacial score (nSPS) is 21.8. The summed E-state index contributed by atoms with van der Waals surface area (Å²) in [5.41, 5.74) is 0. The molecule has 66 valence electrons. The van der Waals surface area contributed by atoms with Crippen LogP contribution in [0.3, 0.4) is 0 Å². The highest BCUT2D eigenvalue weighted by atomic mass is 16.4. The van der Waals surface area contributed by atoms with Gasteiger partial charge in [-0.2, -0.15) is 0 Å². The molecule has 1 atom stereocenters. The molecule has 1 aliphatic rings. The van der Waals surface area contributed by atoms with Crippen molar-refractivity contribution in [2.75, 3.05) is 0 Å². The first-order chi connectivity index (χ1) is 5.59. The van der Waals surface area contributed by atoms with E-state index in [1.54, 1.807) is 0 Å². The van der Waals surface area contributed by atoms with Crippen molar-refractivity contribution >= 4 is 11.9 Å². The summed E-state index contributed by atoms with van der Waals surface area (Å²) >= 11 is 0. The van der Waals surface area contributed by atoms with Crippen molar-refractivity contribution < 1.29 is 14.7 Å². The van der Waals surface area contributed by atoms with Crippen LogP contribution in [0.15, 0.2) is 12.4 Å². The number of amides is 1. The monoisotopic (exact) mass is 170 g/mol. The molecule has 0 aromatic rings. The minimum Gasteiger partial charge on any atom is -0.481 e. The Kier molecular flexibility index (Phi) is 2.32. The number of carboxylic acid groups (broad SMARTS) is 1. The first kappa shape index (κ1) is 8.58. The van der Waals surface area contributed by atoms with Crippen LogP contribution in [0.5, 0.6) is 0 Å². The predicted octanol–water partition coefficient (Wildman–Crippen LogP) is -0.590. The maximum atomic E-state index is 11.0. The molecule has 0 spiro atoms. The molecule has 0 aliphatic carbocycles. The van der Waals surface area contributed by atoms with E-state index in [0.29, 0.717) is 12.2 Å². The average Bonchev–Trinajstić information content (AvgIpc) is 2.26. The molecule has 1 rings (SSSR count). The lowest BCUT2D eigenvalue weighted by molar-refractivity contribution is -0.137. The fraction of sp³-hybridized carbons (Fsp3) is 0.429. The van der Waals surface area contributed by atoms with Gasteiger partial charge in [0.2, 0.25) is 5.91 Å². The van der Waals surface area contributed by atoms with Gasteiger partial charge in [0.15, 0.2) is 0 Å². The van der Waals surface area contributed by atoms with Crippen LogP contribution in [0.1, 0.15) is 12.8 Å². The second-order valence-electron chi connectivity index (χ2n) is 2.60.